The lowest BCUT2D eigenvalue weighted by molar-refractivity contribution is -0.121. The van der Waals surface area contributed by atoms with Crippen LogP contribution in [0.15, 0.2) is 18.2 Å². The number of nitrogens with two attached hydrogens (primary N) is 1. The van der Waals surface area contributed by atoms with Crippen molar-refractivity contribution in [2.75, 3.05) is 24.3 Å². The van der Waals surface area contributed by atoms with Gasteiger partial charge in [-0.05, 0) is 37.0 Å². The molecule has 0 heterocycles. The van der Waals surface area contributed by atoms with E-state index in [1.807, 2.05) is 0 Å². The van der Waals surface area contributed by atoms with E-state index in [0.717, 1.165) is 0 Å². The van der Waals surface area contributed by atoms with Crippen LogP contribution in [0.2, 0.25) is 5.02 Å². The van der Waals surface area contributed by atoms with Crippen LogP contribution in [0.5, 0.6) is 0 Å². The Morgan fingerprint density at radius 1 is 1.35 bits per heavy atom. The number of nitrogens with one attached hydrogen (secondary N) is 1. The number of anilines is 2. The Balaban J connectivity index is 1.72. The Morgan fingerprint density at radius 3 is 2.80 bits per heavy atom. The summed E-state index contributed by atoms with van der Waals surface area (Å²) in [6.07, 6.45) is 6.31. The molecule has 0 aromatic heterocycles. The van der Waals surface area contributed by atoms with E-state index >= 15 is 0 Å². The van der Waals surface area contributed by atoms with Gasteiger partial charge in [0.1, 0.15) is 6.61 Å². The third-order valence-electron chi connectivity index (χ3n) is 3.60. The molecule has 1 saturated carbocycles. The number of halogens is 1. The number of hydrogen-bond acceptors (Lipinski definition) is 3. The Bertz CT molecular complexity index is 459. The quantitative estimate of drug-likeness (QED) is 0.818. The summed E-state index contributed by atoms with van der Waals surface area (Å²) in [5, 5.41) is 3.28. The van der Waals surface area contributed by atoms with E-state index in [2.05, 4.69) is 5.32 Å². The van der Waals surface area contributed by atoms with Gasteiger partial charge in [0, 0.05) is 5.02 Å². The first-order valence-corrected chi connectivity index (χ1v) is 7.45. The molecule has 3 N–H and O–H groups in total. The van der Waals surface area contributed by atoms with Gasteiger partial charge < -0.3 is 15.8 Å². The normalized spacial score (nSPS) is 16.1. The van der Waals surface area contributed by atoms with E-state index in [1.165, 1.54) is 32.1 Å². The van der Waals surface area contributed by atoms with E-state index < -0.39 is 0 Å². The van der Waals surface area contributed by atoms with Gasteiger partial charge in [-0.1, -0.05) is 30.9 Å². The summed E-state index contributed by atoms with van der Waals surface area (Å²) in [7, 11) is 0. The van der Waals surface area contributed by atoms with Crippen molar-refractivity contribution in [2.24, 2.45) is 5.92 Å². The molecule has 20 heavy (non-hydrogen) atoms. The summed E-state index contributed by atoms with van der Waals surface area (Å²) in [4.78, 5) is 11.8. The lowest BCUT2D eigenvalue weighted by atomic mass is 9.90. The maximum atomic E-state index is 11.8. The summed E-state index contributed by atoms with van der Waals surface area (Å²) in [5.41, 5.74) is 6.80. The maximum absolute atomic E-state index is 11.8. The maximum Gasteiger partial charge on any atom is 0.250 e. The third-order valence-corrected chi connectivity index (χ3v) is 3.83. The van der Waals surface area contributed by atoms with Crippen LogP contribution in [0.4, 0.5) is 11.4 Å². The Morgan fingerprint density at radius 2 is 2.10 bits per heavy atom. The molecule has 1 amide bonds. The lowest BCUT2D eigenvalue weighted by Crippen LogP contribution is -2.22. The Hall–Kier alpha value is -1.26. The average molecular weight is 297 g/mol. The van der Waals surface area contributed by atoms with Crippen LogP contribution in [0.1, 0.15) is 32.1 Å². The van der Waals surface area contributed by atoms with E-state index in [0.29, 0.717) is 28.9 Å². The third kappa shape index (κ3) is 4.69. The van der Waals surface area contributed by atoms with Crippen LogP contribution < -0.4 is 11.1 Å². The number of amides is 1. The Kier molecular flexibility index (Phi) is 5.68. The van der Waals surface area contributed by atoms with E-state index in [9.17, 15) is 4.79 Å². The predicted octanol–water partition coefficient (Wildman–Crippen LogP) is 3.46. The minimum absolute atomic E-state index is 0.0680. The van der Waals surface area contributed by atoms with Gasteiger partial charge in [0.15, 0.2) is 0 Å². The zero-order valence-electron chi connectivity index (χ0n) is 11.5. The summed E-state index contributed by atoms with van der Waals surface area (Å²) < 4.78 is 5.49. The highest BCUT2D eigenvalue weighted by Gasteiger charge is 2.14. The van der Waals surface area contributed by atoms with Gasteiger partial charge in [-0.3, -0.25) is 4.79 Å². The molecular formula is C15H21ClN2O2. The van der Waals surface area contributed by atoms with Gasteiger partial charge in [0.2, 0.25) is 5.91 Å². The summed E-state index contributed by atoms with van der Waals surface area (Å²) in [6.45, 7) is 0.738. The van der Waals surface area contributed by atoms with Crippen molar-refractivity contribution >= 4 is 28.9 Å². The highest BCUT2D eigenvalue weighted by Crippen LogP contribution is 2.24. The predicted molar refractivity (Wildman–Crippen MR) is 81.9 cm³/mol. The van der Waals surface area contributed by atoms with Crippen molar-refractivity contribution in [1.82, 2.24) is 0 Å². The van der Waals surface area contributed by atoms with Gasteiger partial charge in [-0.25, -0.2) is 0 Å². The molecule has 110 valence electrons. The smallest absolute Gasteiger partial charge is 0.250 e. The number of carbonyl (C=O) groups excluding carboxylic acids is 1. The first-order chi connectivity index (χ1) is 9.65. The molecule has 0 aliphatic heterocycles. The molecule has 5 heteroatoms. The van der Waals surface area contributed by atoms with Crippen LogP contribution in [0, 0.1) is 5.92 Å². The molecule has 1 aromatic carbocycles. The SMILES string of the molecule is Nc1cc(Cl)ccc1NC(=O)COCC1CCCCC1. The molecule has 2 rings (SSSR count). The molecule has 1 aliphatic rings. The second kappa shape index (κ2) is 7.50. The topological polar surface area (TPSA) is 64.3 Å². The van der Waals surface area contributed by atoms with Gasteiger partial charge in [-0.2, -0.15) is 0 Å². The first kappa shape index (κ1) is 15.1. The zero-order chi connectivity index (χ0) is 14.4. The fourth-order valence-corrected chi connectivity index (χ4v) is 2.69. The van der Waals surface area contributed by atoms with Crippen LogP contribution in [0.3, 0.4) is 0 Å². The van der Waals surface area contributed by atoms with Crippen molar-refractivity contribution in [1.29, 1.82) is 0 Å². The van der Waals surface area contributed by atoms with E-state index in [4.69, 9.17) is 22.1 Å². The second-order valence-electron chi connectivity index (χ2n) is 5.30. The fourth-order valence-electron chi connectivity index (χ4n) is 2.51. The number of rotatable bonds is 5. The largest absolute Gasteiger partial charge is 0.397 e. The first-order valence-electron chi connectivity index (χ1n) is 7.08. The number of carbonyl (C=O) groups is 1. The molecule has 1 fully saturated rings. The molecular weight excluding hydrogens is 276 g/mol. The number of hydrogen-bond donors (Lipinski definition) is 2. The van der Waals surface area contributed by atoms with Crippen molar-refractivity contribution in [3.8, 4) is 0 Å². The van der Waals surface area contributed by atoms with Crippen molar-refractivity contribution in [2.45, 2.75) is 32.1 Å². The number of nitrogen functional groups attached to an aromatic ring is 1. The van der Waals surface area contributed by atoms with E-state index in [1.54, 1.807) is 18.2 Å². The van der Waals surface area contributed by atoms with Crippen LogP contribution in [-0.2, 0) is 9.53 Å². The summed E-state index contributed by atoms with van der Waals surface area (Å²) >= 11 is 5.81. The zero-order valence-corrected chi connectivity index (χ0v) is 12.3. The Labute approximate surface area is 124 Å². The van der Waals surface area contributed by atoms with Crippen molar-refractivity contribution < 1.29 is 9.53 Å². The summed E-state index contributed by atoms with van der Waals surface area (Å²) in [5.74, 6) is 0.423. The minimum atomic E-state index is -0.185. The molecule has 0 bridgehead atoms. The van der Waals surface area contributed by atoms with Crippen LogP contribution >= 0.6 is 11.6 Å². The average Bonchev–Trinajstić information content (AvgIpc) is 2.43. The summed E-state index contributed by atoms with van der Waals surface area (Å²) in [6, 6.07) is 4.99. The molecule has 0 saturated heterocycles. The van der Waals surface area contributed by atoms with Crippen LogP contribution in [0.25, 0.3) is 0 Å². The van der Waals surface area contributed by atoms with E-state index in [-0.39, 0.29) is 12.5 Å². The van der Waals surface area contributed by atoms with Gasteiger partial charge in [0.05, 0.1) is 18.0 Å². The monoisotopic (exact) mass is 296 g/mol. The molecule has 1 aliphatic carbocycles. The van der Waals surface area contributed by atoms with Crippen molar-refractivity contribution in [3.63, 3.8) is 0 Å². The highest BCUT2D eigenvalue weighted by molar-refractivity contribution is 6.31. The molecule has 0 unspecified atom stereocenters. The molecule has 0 atom stereocenters. The fraction of sp³-hybridized carbons (Fsp3) is 0.533. The molecule has 1 aromatic rings. The van der Waals surface area contributed by atoms with Gasteiger partial charge in [-0.15, -0.1) is 0 Å². The van der Waals surface area contributed by atoms with Crippen LogP contribution in [-0.4, -0.2) is 19.1 Å². The molecule has 0 spiro atoms. The molecule has 0 radical (unpaired) electrons. The number of ether oxygens (including phenoxy) is 1. The lowest BCUT2D eigenvalue weighted by Gasteiger charge is -2.21. The van der Waals surface area contributed by atoms with Gasteiger partial charge in [0.25, 0.3) is 0 Å². The van der Waals surface area contributed by atoms with Gasteiger partial charge >= 0.3 is 0 Å². The second-order valence-corrected chi connectivity index (χ2v) is 5.74. The number of benzene rings is 1. The highest BCUT2D eigenvalue weighted by atomic mass is 35.5. The molecule has 4 nitrogen and oxygen atoms in total. The minimum Gasteiger partial charge on any atom is -0.397 e. The van der Waals surface area contributed by atoms with Crippen molar-refractivity contribution in [3.05, 3.63) is 23.2 Å². The standard InChI is InChI=1S/C15H21ClN2O2/c16-12-6-7-14(13(17)8-12)18-15(19)10-20-9-11-4-2-1-3-5-11/h6-8,11H,1-5,9-10,17H2,(H,18,19).